The second kappa shape index (κ2) is 7.46. The van der Waals surface area contributed by atoms with Crippen molar-refractivity contribution in [2.24, 2.45) is 0 Å². The highest BCUT2D eigenvalue weighted by Crippen LogP contribution is 2.27. The Kier molecular flexibility index (Phi) is 4.97. The van der Waals surface area contributed by atoms with Crippen molar-refractivity contribution >= 4 is 33.0 Å². The van der Waals surface area contributed by atoms with Crippen LogP contribution in [0.2, 0.25) is 5.02 Å². The standard InChI is InChI=1S/C20H16ClFN4O2S/c1-14-23-24-20-11-10-19(13-25(14)20)29(27,28)26(18-8-4-16(21)5-9-18)12-15-2-6-17(22)7-3-15/h2-11,13H,12H2,1H3. The van der Waals surface area contributed by atoms with Crippen molar-refractivity contribution < 1.29 is 12.8 Å². The molecule has 0 radical (unpaired) electrons. The van der Waals surface area contributed by atoms with Crippen molar-refractivity contribution in [3.63, 3.8) is 0 Å². The summed E-state index contributed by atoms with van der Waals surface area (Å²) >= 11 is 5.97. The Balaban J connectivity index is 1.82. The van der Waals surface area contributed by atoms with Crippen LogP contribution in [0.25, 0.3) is 5.65 Å². The third-order valence-electron chi connectivity index (χ3n) is 4.49. The molecule has 0 unspecified atom stereocenters. The molecule has 0 saturated heterocycles. The van der Waals surface area contributed by atoms with Crippen LogP contribution in [-0.2, 0) is 16.6 Å². The van der Waals surface area contributed by atoms with Gasteiger partial charge in [0.25, 0.3) is 10.0 Å². The van der Waals surface area contributed by atoms with Gasteiger partial charge in [-0.15, -0.1) is 10.2 Å². The number of hydrogen-bond donors (Lipinski definition) is 0. The predicted octanol–water partition coefficient (Wildman–Crippen LogP) is 4.23. The largest absolute Gasteiger partial charge is 0.285 e. The van der Waals surface area contributed by atoms with E-state index in [-0.39, 0.29) is 17.3 Å². The first-order chi connectivity index (χ1) is 13.8. The van der Waals surface area contributed by atoms with Crippen molar-refractivity contribution in [3.05, 3.63) is 89.1 Å². The van der Waals surface area contributed by atoms with Gasteiger partial charge in [-0.2, -0.15) is 0 Å². The molecule has 6 nitrogen and oxygen atoms in total. The van der Waals surface area contributed by atoms with E-state index in [1.165, 1.54) is 28.7 Å². The number of aromatic nitrogens is 3. The van der Waals surface area contributed by atoms with Gasteiger partial charge < -0.3 is 0 Å². The summed E-state index contributed by atoms with van der Waals surface area (Å²) < 4.78 is 43.2. The Morgan fingerprint density at radius 1 is 1.00 bits per heavy atom. The minimum absolute atomic E-state index is 0.0312. The summed E-state index contributed by atoms with van der Waals surface area (Å²) in [6.07, 6.45) is 1.49. The van der Waals surface area contributed by atoms with Gasteiger partial charge in [-0.3, -0.25) is 8.71 Å². The third-order valence-corrected chi connectivity index (χ3v) is 6.50. The number of nitrogens with zero attached hydrogens (tertiary/aromatic N) is 4. The Bertz CT molecular complexity index is 1270. The topological polar surface area (TPSA) is 67.6 Å². The van der Waals surface area contributed by atoms with Crippen molar-refractivity contribution in [1.82, 2.24) is 14.6 Å². The van der Waals surface area contributed by atoms with Crippen LogP contribution < -0.4 is 4.31 Å². The number of benzene rings is 2. The number of rotatable bonds is 5. The van der Waals surface area contributed by atoms with Crippen LogP contribution in [-0.4, -0.2) is 23.0 Å². The molecule has 0 spiro atoms. The molecule has 0 fully saturated rings. The molecule has 4 aromatic rings. The minimum Gasteiger partial charge on any atom is -0.285 e. The van der Waals surface area contributed by atoms with Crippen molar-refractivity contribution in [2.75, 3.05) is 4.31 Å². The van der Waals surface area contributed by atoms with Gasteiger partial charge in [0.05, 0.1) is 12.2 Å². The van der Waals surface area contributed by atoms with E-state index in [2.05, 4.69) is 10.2 Å². The van der Waals surface area contributed by atoms with Gasteiger partial charge in [0, 0.05) is 11.2 Å². The summed E-state index contributed by atoms with van der Waals surface area (Å²) in [6.45, 7) is 1.77. The number of hydrogen-bond acceptors (Lipinski definition) is 4. The molecule has 0 aliphatic carbocycles. The van der Waals surface area contributed by atoms with Gasteiger partial charge >= 0.3 is 0 Å². The molecule has 2 aromatic carbocycles. The highest BCUT2D eigenvalue weighted by atomic mass is 35.5. The minimum atomic E-state index is -3.94. The lowest BCUT2D eigenvalue weighted by atomic mass is 10.2. The van der Waals surface area contributed by atoms with Gasteiger partial charge in [-0.1, -0.05) is 23.7 Å². The molecule has 4 rings (SSSR count). The van der Waals surface area contributed by atoms with Crippen LogP contribution in [0.15, 0.2) is 71.8 Å². The lowest BCUT2D eigenvalue weighted by molar-refractivity contribution is 0.589. The van der Waals surface area contributed by atoms with Crippen LogP contribution in [0.3, 0.4) is 0 Å². The average molecular weight is 431 g/mol. The number of anilines is 1. The molecule has 2 heterocycles. The van der Waals surface area contributed by atoms with Crippen LogP contribution in [0.5, 0.6) is 0 Å². The van der Waals surface area contributed by atoms with Gasteiger partial charge in [-0.05, 0) is 61.0 Å². The maximum Gasteiger partial charge on any atom is 0.266 e. The molecular weight excluding hydrogens is 415 g/mol. The van der Waals surface area contributed by atoms with Crippen molar-refractivity contribution in [1.29, 1.82) is 0 Å². The number of fused-ring (bicyclic) bond motifs is 1. The summed E-state index contributed by atoms with van der Waals surface area (Å²) in [6, 6.07) is 15.3. The summed E-state index contributed by atoms with van der Waals surface area (Å²) in [4.78, 5) is 0.0879. The zero-order chi connectivity index (χ0) is 20.6. The fourth-order valence-electron chi connectivity index (χ4n) is 2.94. The summed E-state index contributed by atoms with van der Waals surface area (Å²) in [5.41, 5.74) is 1.64. The molecule has 0 saturated carbocycles. The molecule has 0 atom stereocenters. The molecule has 9 heteroatoms. The highest BCUT2D eigenvalue weighted by Gasteiger charge is 2.26. The number of halogens is 2. The van der Waals surface area contributed by atoms with Crippen LogP contribution in [0, 0.1) is 12.7 Å². The summed E-state index contributed by atoms with van der Waals surface area (Å²) in [7, 11) is -3.94. The van der Waals surface area contributed by atoms with Crippen LogP contribution in [0.4, 0.5) is 10.1 Å². The smallest absolute Gasteiger partial charge is 0.266 e. The number of pyridine rings is 1. The Morgan fingerprint density at radius 3 is 2.38 bits per heavy atom. The summed E-state index contributed by atoms with van der Waals surface area (Å²) in [5, 5.41) is 8.44. The first-order valence-electron chi connectivity index (χ1n) is 8.69. The Labute approximate surface area is 172 Å². The fraction of sp³-hybridized carbons (Fsp3) is 0.100. The maximum absolute atomic E-state index is 13.5. The SMILES string of the molecule is Cc1nnc2ccc(S(=O)(=O)N(Cc3ccc(F)cc3)c3ccc(Cl)cc3)cn12. The second-order valence-electron chi connectivity index (χ2n) is 6.45. The molecule has 0 N–H and O–H groups in total. The zero-order valence-corrected chi connectivity index (χ0v) is 16.9. The molecule has 0 aliphatic rings. The first-order valence-corrected chi connectivity index (χ1v) is 10.5. The van der Waals surface area contributed by atoms with Crippen LogP contribution in [0.1, 0.15) is 11.4 Å². The fourth-order valence-corrected chi connectivity index (χ4v) is 4.52. The van der Waals surface area contributed by atoms with E-state index in [9.17, 15) is 12.8 Å². The lowest BCUT2D eigenvalue weighted by Crippen LogP contribution is -2.30. The normalized spacial score (nSPS) is 11.7. The monoisotopic (exact) mass is 430 g/mol. The third kappa shape index (κ3) is 3.81. The Morgan fingerprint density at radius 2 is 1.69 bits per heavy atom. The van der Waals surface area contributed by atoms with Crippen molar-refractivity contribution in [2.45, 2.75) is 18.4 Å². The van der Waals surface area contributed by atoms with E-state index >= 15 is 0 Å². The van der Waals surface area contributed by atoms with Gasteiger partial charge in [0.15, 0.2) is 5.65 Å². The molecular formula is C20H16ClFN4O2S. The van der Waals surface area contributed by atoms with E-state index in [0.29, 0.717) is 27.7 Å². The maximum atomic E-state index is 13.5. The van der Waals surface area contributed by atoms with E-state index in [4.69, 9.17) is 11.6 Å². The average Bonchev–Trinajstić information content (AvgIpc) is 3.09. The second-order valence-corrected chi connectivity index (χ2v) is 8.75. The molecule has 0 amide bonds. The predicted molar refractivity (Wildman–Crippen MR) is 109 cm³/mol. The molecule has 29 heavy (non-hydrogen) atoms. The molecule has 0 aliphatic heterocycles. The molecule has 0 bridgehead atoms. The zero-order valence-electron chi connectivity index (χ0n) is 15.3. The summed E-state index contributed by atoms with van der Waals surface area (Å²) in [5.74, 6) is 0.191. The first kappa shape index (κ1) is 19.4. The highest BCUT2D eigenvalue weighted by molar-refractivity contribution is 7.92. The van der Waals surface area contributed by atoms with E-state index in [1.807, 2.05) is 0 Å². The quantitative estimate of drug-likeness (QED) is 0.475. The number of sulfonamides is 1. The van der Waals surface area contributed by atoms with Crippen molar-refractivity contribution in [3.8, 4) is 0 Å². The molecule has 148 valence electrons. The van der Waals surface area contributed by atoms with Gasteiger partial charge in [0.2, 0.25) is 0 Å². The number of aryl methyl sites for hydroxylation is 1. The van der Waals surface area contributed by atoms with Crippen LogP contribution >= 0.6 is 11.6 Å². The lowest BCUT2D eigenvalue weighted by Gasteiger charge is -2.25. The van der Waals surface area contributed by atoms with E-state index in [1.54, 1.807) is 53.8 Å². The molecule has 2 aromatic heterocycles. The van der Waals surface area contributed by atoms with Gasteiger partial charge in [0.1, 0.15) is 16.5 Å². The van der Waals surface area contributed by atoms with Gasteiger partial charge in [-0.25, -0.2) is 12.8 Å². The Hall–Kier alpha value is -2.97. The van der Waals surface area contributed by atoms with E-state index < -0.39 is 10.0 Å². The van der Waals surface area contributed by atoms with E-state index in [0.717, 1.165) is 0 Å².